The average Bonchev–Trinajstić information content (AvgIpc) is 2.38. The molecule has 1 aliphatic heterocycles. The molecular weight excluding hydrogens is 281 g/mol. The van der Waals surface area contributed by atoms with Crippen molar-refractivity contribution in [3.05, 3.63) is 29.3 Å². The van der Waals surface area contributed by atoms with E-state index in [0.29, 0.717) is 31.7 Å². The van der Waals surface area contributed by atoms with Gasteiger partial charge in [0.2, 0.25) is 0 Å². The van der Waals surface area contributed by atoms with Crippen LogP contribution in [0.2, 0.25) is 0 Å². The van der Waals surface area contributed by atoms with E-state index in [4.69, 9.17) is 10.5 Å². The number of nitrogens with zero attached hydrogens (tertiary/aromatic N) is 1. The summed E-state index contributed by atoms with van der Waals surface area (Å²) in [7, 11) is 0. The molecule has 3 nitrogen and oxygen atoms in total. The number of nitrogens with two attached hydrogens (primary N) is 1. The second-order valence-corrected chi connectivity index (χ2v) is 5.65. The normalized spacial score (nSPS) is 21.4. The van der Waals surface area contributed by atoms with Gasteiger partial charge in [-0.3, -0.25) is 0 Å². The Morgan fingerprint density at radius 3 is 2.71 bits per heavy atom. The Kier molecular flexibility index (Phi) is 4.78. The topological polar surface area (TPSA) is 38.5 Å². The molecule has 0 radical (unpaired) electrons. The van der Waals surface area contributed by atoms with Gasteiger partial charge in [-0.05, 0) is 38.0 Å². The first-order valence-corrected chi connectivity index (χ1v) is 7.09. The van der Waals surface area contributed by atoms with Crippen LogP contribution in [0.15, 0.2) is 18.2 Å². The number of hydrogen-bond acceptors (Lipinski definition) is 3. The molecule has 0 aliphatic carbocycles. The summed E-state index contributed by atoms with van der Waals surface area (Å²) in [6, 6.07) is 4.28. The van der Waals surface area contributed by atoms with E-state index < -0.39 is 11.7 Å². The van der Waals surface area contributed by atoms with Gasteiger partial charge in [0, 0.05) is 24.3 Å². The number of rotatable bonds is 3. The van der Waals surface area contributed by atoms with E-state index in [9.17, 15) is 13.2 Å². The van der Waals surface area contributed by atoms with E-state index in [1.165, 1.54) is 6.07 Å². The van der Waals surface area contributed by atoms with Gasteiger partial charge in [0.15, 0.2) is 0 Å². The molecule has 1 aromatic rings. The molecule has 2 unspecified atom stereocenters. The molecule has 0 amide bonds. The van der Waals surface area contributed by atoms with Gasteiger partial charge in [0.25, 0.3) is 0 Å². The van der Waals surface area contributed by atoms with E-state index in [0.717, 1.165) is 0 Å². The Bertz CT molecular complexity index is 488. The van der Waals surface area contributed by atoms with Gasteiger partial charge in [-0.15, -0.1) is 0 Å². The number of alkyl halides is 3. The Morgan fingerprint density at radius 2 is 2.14 bits per heavy atom. The van der Waals surface area contributed by atoms with Gasteiger partial charge >= 0.3 is 6.18 Å². The van der Waals surface area contributed by atoms with Crippen LogP contribution in [0.25, 0.3) is 0 Å². The lowest BCUT2D eigenvalue weighted by Crippen LogP contribution is -2.44. The second kappa shape index (κ2) is 6.23. The van der Waals surface area contributed by atoms with Crippen LogP contribution in [0.5, 0.6) is 0 Å². The first-order valence-electron chi connectivity index (χ1n) is 7.09. The quantitative estimate of drug-likeness (QED) is 0.933. The second-order valence-electron chi connectivity index (χ2n) is 5.65. The van der Waals surface area contributed by atoms with Gasteiger partial charge in [-0.1, -0.05) is 6.07 Å². The zero-order valence-electron chi connectivity index (χ0n) is 12.3. The van der Waals surface area contributed by atoms with E-state index in [1.807, 2.05) is 6.92 Å². The first kappa shape index (κ1) is 16.1. The predicted molar refractivity (Wildman–Crippen MR) is 76.4 cm³/mol. The number of halogens is 3. The summed E-state index contributed by atoms with van der Waals surface area (Å²) in [5.41, 5.74) is 5.93. The van der Waals surface area contributed by atoms with Crippen LogP contribution in [0, 0.1) is 0 Å². The standard InChI is InChI=1S/C15H21F3N2O/c1-10(19)7-12-3-4-14(13(8-12)15(16,17)18)20-5-6-21-9-11(20)2/h3-4,8,10-11H,5-7,9,19H2,1-2H3. The van der Waals surface area contributed by atoms with Crippen LogP contribution < -0.4 is 10.6 Å². The Balaban J connectivity index is 2.40. The van der Waals surface area contributed by atoms with Gasteiger partial charge in [0.1, 0.15) is 0 Å². The van der Waals surface area contributed by atoms with Crippen molar-refractivity contribution >= 4 is 5.69 Å². The minimum atomic E-state index is -4.37. The van der Waals surface area contributed by atoms with Crippen molar-refractivity contribution < 1.29 is 17.9 Å². The molecule has 118 valence electrons. The van der Waals surface area contributed by atoms with E-state index in [-0.39, 0.29) is 17.8 Å². The molecule has 2 atom stereocenters. The molecule has 2 rings (SSSR count). The highest BCUT2D eigenvalue weighted by Crippen LogP contribution is 2.38. The summed E-state index contributed by atoms with van der Waals surface area (Å²) in [6.07, 6.45) is -3.94. The lowest BCUT2D eigenvalue weighted by molar-refractivity contribution is -0.137. The number of morpholine rings is 1. The molecular formula is C15H21F3N2O. The van der Waals surface area contributed by atoms with Gasteiger partial charge in [-0.25, -0.2) is 0 Å². The summed E-state index contributed by atoms with van der Waals surface area (Å²) >= 11 is 0. The lowest BCUT2D eigenvalue weighted by Gasteiger charge is -2.36. The number of benzene rings is 1. The maximum atomic E-state index is 13.4. The van der Waals surface area contributed by atoms with Gasteiger partial charge in [-0.2, -0.15) is 13.2 Å². The van der Waals surface area contributed by atoms with E-state index in [2.05, 4.69) is 0 Å². The highest BCUT2D eigenvalue weighted by molar-refractivity contribution is 5.57. The van der Waals surface area contributed by atoms with Gasteiger partial charge in [0.05, 0.1) is 18.8 Å². The van der Waals surface area contributed by atoms with E-state index in [1.54, 1.807) is 24.0 Å². The molecule has 1 aliphatic rings. The molecule has 0 aromatic heterocycles. The molecule has 2 N–H and O–H groups in total. The van der Waals surface area contributed by atoms with Crippen molar-refractivity contribution in [2.45, 2.75) is 38.5 Å². The van der Waals surface area contributed by atoms with Crippen molar-refractivity contribution in [1.29, 1.82) is 0 Å². The minimum Gasteiger partial charge on any atom is -0.377 e. The number of anilines is 1. The number of hydrogen-bond donors (Lipinski definition) is 1. The highest BCUT2D eigenvalue weighted by atomic mass is 19.4. The molecule has 0 bridgehead atoms. The molecule has 0 saturated carbocycles. The van der Waals surface area contributed by atoms with Crippen LogP contribution in [-0.4, -0.2) is 31.8 Å². The van der Waals surface area contributed by atoms with Crippen LogP contribution in [0.1, 0.15) is 25.0 Å². The summed E-state index contributed by atoms with van der Waals surface area (Å²) in [4.78, 5) is 1.77. The fraction of sp³-hybridized carbons (Fsp3) is 0.600. The summed E-state index contributed by atoms with van der Waals surface area (Å²) < 4.78 is 45.4. The minimum absolute atomic E-state index is 0.0702. The molecule has 21 heavy (non-hydrogen) atoms. The lowest BCUT2D eigenvalue weighted by atomic mass is 10.0. The zero-order valence-corrected chi connectivity index (χ0v) is 12.3. The molecule has 1 fully saturated rings. The van der Waals surface area contributed by atoms with Crippen molar-refractivity contribution in [3.63, 3.8) is 0 Å². The largest absolute Gasteiger partial charge is 0.418 e. The van der Waals surface area contributed by atoms with Crippen LogP contribution in [0.4, 0.5) is 18.9 Å². The predicted octanol–water partition coefficient (Wildman–Crippen LogP) is 2.82. The maximum Gasteiger partial charge on any atom is 0.418 e. The Labute approximate surface area is 122 Å². The molecule has 1 saturated heterocycles. The first-order chi connectivity index (χ1) is 9.79. The SMILES string of the molecule is CC(N)Cc1ccc(N2CCOCC2C)c(C(F)(F)F)c1. The molecule has 1 aromatic carbocycles. The van der Waals surface area contributed by atoms with Crippen molar-refractivity contribution in [2.24, 2.45) is 5.73 Å². The zero-order chi connectivity index (χ0) is 15.6. The van der Waals surface area contributed by atoms with Gasteiger partial charge < -0.3 is 15.4 Å². The summed E-state index contributed by atoms with van der Waals surface area (Å²) in [5.74, 6) is 0. The van der Waals surface area contributed by atoms with Crippen LogP contribution in [0.3, 0.4) is 0 Å². The Hall–Kier alpha value is -1.27. The smallest absolute Gasteiger partial charge is 0.377 e. The van der Waals surface area contributed by atoms with Crippen molar-refractivity contribution in [1.82, 2.24) is 0 Å². The van der Waals surface area contributed by atoms with Crippen molar-refractivity contribution in [3.8, 4) is 0 Å². The third kappa shape index (κ3) is 3.89. The van der Waals surface area contributed by atoms with Crippen molar-refractivity contribution in [2.75, 3.05) is 24.7 Å². The third-order valence-corrected chi connectivity index (χ3v) is 3.60. The highest BCUT2D eigenvalue weighted by Gasteiger charge is 2.36. The van der Waals surface area contributed by atoms with Crippen LogP contribution in [-0.2, 0) is 17.3 Å². The third-order valence-electron chi connectivity index (χ3n) is 3.60. The maximum absolute atomic E-state index is 13.4. The Morgan fingerprint density at radius 1 is 1.43 bits per heavy atom. The molecule has 1 heterocycles. The van der Waals surface area contributed by atoms with E-state index >= 15 is 0 Å². The van der Waals surface area contributed by atoms with Crippen LogP contribution >= 0.6 is 0 Å². The molecule has 0 spiro atoms. The average molecular weight is 302 g/mol. The summed E-state index contributed by atoms with van der Waals surface area (Å²) in [5, 5.41) is 0. The monoisotopic (exact) mass is 302 g/mol. The fourth-order valence-corrected chi connectivity index (χ4v) is 2.64. The summed E-state index contributed by atoms with van der Waals surface area (Å²) in [6.45, 7) is 5.01. The molecule has 6 heteroatoms. The number of ether oxygens (including phenoxy) is 1. The fourth-order valence-electron chi connectivity index (χ4n) is 2.64.